The van der Waals surface area contributed by atoms with Gasteiger partial charge in [0.05, 0.1) is 18.7 Å². The number of nitrogens with two attached hydrogens (primary N) is 1. The third kappa shape index (κ3) is 6.95. The number of likely N-dealkylation sites (tertiary alicyclic amines) is 3. The number of aromatic nitrogens is 2. The first kappa shape index (κ1) is 33.2. The van der Waals surface area contributed by atoms with Crippen LogP contribution < -0.4 is 15.8 Å². The number of piperidine rings is 1. The van der Waals surface area contributed by atoms with Gasteiger partial charge in [-0.25, -0.2) is 13.9 Å². The quantitative estimate of drug-likeness (QED) is 0.367. The van der Waals surface area contributed by atoms with Gasteiger partial charge in [0, 0.05) is 63.5 Å². The molecule has 2 amide bonds. The van der Waals surface area contributed by atoms with Gasteiger partial charge in [-0.15, -0.1) is 0 Å². The third-order valence-electron chi connectivity index (χ3n) is 9.43. The highest BCUT2D eigenvalue weighted by Gasteiger charge is 2.44. The van der Waals surface area contributed by atoms with E-state index in [1.807, 2.05) is 49.7 Å². The Morgan fingerprint density at radius 1 is 1.02 bits per heavy atom. The summed E-state index contributed by atoms with van der Waals surface area (Å²) in [6.45, 7) is 11.2. The molecule has 2 aromatic carbocycles. The van der Waals surface area contributed by atoms with Gasteiger partial charge in [-0.05, 0) is 57.4 Å². The number of rotatable bonds is 8. The number of halogens is 1. The molecular formula is C35H43FN8O4. The summed E-state index contributed by atoms with van der Waals surface area (Å²) in [5, 5.41) is 17.6. The summed E-state index contributed by atoms with van der Waals surface area (Å²) in [4.78, 5) is 31.7. The smallest absolute Gasteiger partial charge is 0.410 e. The molecule has 0 atom stereocenters. The molecule has 0 spiro atoms. The lowest BCUT2D eigenvalue weighted by Gasteiger charge is -2.54. The van der Waals surface area contributed by atoms with Crippen molar-refractivity contribution in [2.75, 3.05) is 52.1 Å². The molecule has 3 aliphatic rings. The van der Waals surface area contributed by atoms with Gasteiger partial charge in [0.15, 0.2) is 0 Å². The first-order chi connectivity index (χ1) is 22.9. The van der Waals surface area contributed by atoms with Crippen molar-refractivity contribution in [2.45, 2.75) is 63.9 Å². The van der Waals surface area contributed by atoms with Crippen LogP contribution in [0.1, 0.15) is 61.1 Å². The molecule has 48 heavy (non-hydrogen) atoms. The van der Waals surface area contributed by atoms with Gasteiger partial charge < -0.3 is 25.4 Å². The maximum atomic E-state index is 13.7. The van der Waals surface area contributed by atoms with Crippen molar-refractivity contribution in [1.29, 1.82) is 5.26 Å². The fraction of sp³-hybridized carbons (Fsp3) is 0.486. The van der Waals surface area contributed by atoms with E-state index in [1.54, 1.807) is 4.90 Å². The highest BCUT2D eigenvalue weighted by molar-refractivity contribution is 5.96. The Balaban J connectivity index is 1.00. The number of carbonyl (C=O) groups is 2. The predicted molar refractivity (Wildman–Crippen MR) is 178 cm³/mol. The minimum atomic E-state index is -0.521. The minimum absolute atomic E-state index is 0.0987. The lowest BCUT2D eigenvalue weighted by atomic mass is 9.96. The van der Waals surface area contributed by atoms with E-state index in [-0.39, 0.29) is 24.2 Å². The Bertz CT molecular complexity index is 1690. The molecule has 3 N–H and O–H groups in total. The summed E-state index contributed by atoms with van der Waals surface area (Å²) < 4.78 is 26.2. The number of anilines is 1. The van der Waals surface area contributed by atoms with E-state index in [2.05, 4.69) is 21.2 Å². The molecule has 0 unspecified atom stereocenters. The maximum Gasteiger partial charge on any atom is 0.410 e. The van der Waals surface area contributed by atoms with E-state index >= 15 is 0 Å². The Morgan fingerprint density at radius 3 is 2.31 bits per heavy atom. The van der Waals surface area contributed by atoms with Crippen LogP contribution in [0.3, 0.4) is 0 Å². The second-order valence-electron chi connectivity index (χ2n) is 13.8. The van der Waals surface area contributed by atoms with Crippen molar-refractivity contribution >= 4 is 17.8 Å². The van der Waals surface area contributed by atoms with Gasteiger partial charge in [0.2, 0.25) is 0 Å². The average Bonchev–Trinajstić information content (AvgIpc) is 3.35. The van der Waals surface area contributed by atoms with Crippen molar-refractivity contribution in [3.8, 4) is 23.1 Å². The summed E-state index contributed by atoms with van der Waals surface area (Å²) in [6.07, 6.45) is 1.54. The summed E-state index contributed by atoms with van der Waals surface area (Å²) >= 11 is 0. The molecule has 254 valence electrons. The lowest BCUT2D eigenvalue weighted by Crippen LogP contribution is -2.70. The molecule has 3 saturated heterocycles. The second kappa shape index (κ2) is 13.4. The molecule has 1 aromatic heterocycles. The molecule has 0 bridgehead atoms. The molecule has 6 rings (SSSR count). The standard InChI is InChI=1S/C35H43FN8O4/c1-35(2,3)48-34(46)43-20-27(21-43)42-18-26(19-42)41-13-11-25(12-14-41)44-32(38)29(16-37)31(40-44)23-7-5-22(6-8-23)17-39-33(45)28-15-24(36)9-10-30(28)47-4/h5-10,15,25-27H,11-14,17-21,38H2,1-4H3,(H,39,45). The van der Waals surface area contributed by atoms with Crippen molar-refractivity contribution in [1.82, 2.24) is 29.8 Å². The number of amides is 2. The minimum Gasteiger partial charge on any atom is -0.496 e. The molecule has 0 aliphatic carbocycles. The highest BCUT2D eigenvalue weighted by atomic mass is 19.1. The predicted octanol–water partition coefficient (Wildman–Crippen LogP) is 4.02. The van der Waals surface area contributed by atoms with E-state index in [1.165, 1.54) is 19.2 Å². The zero-order chi connectivity index (χ0) is 34.2. The molecule has 12 nitrogen and oxygen atoms in total. The number of hydrogen-bond acceptors (Lipinski definition) is 9. The van der Waals surface area contributed by atoms with Crippen LogP contribution in [0.4, 0.5) is 15.0 Å². The third-order valence-corrected chi connectivity index (χ3v) is 9.43. The van der Waals surface area contributed by atoms with Crippen LogP contribution in [0.15, 0.2) is 42.5 Å². The topological polar surface area (TPSA) is 142 Å². The first-order valence-corrected chi connectivity index (χ1v) is 16.4. The number of nitrogen functional groups attached to an aromatic ring is 1. The van der Waals surface area contributed by atoms with Crippen molar-refractivity contribution in [3.05, 3.63) is 65.0 Å². The van der Waals surface area contributed by atoms with Crippen LogP contribution in [0, 0.1) is 17.1 Å². The largest absolute Gasteiger partial charge is 0.496 e. The van der Waals surface area contributed by atoms with Crippen LogP contribution in [0.25, 0.3) is 11.3 Å². The number of nitrogens with zero attached hydrogens (tertiary/aromatic N) is 6. The van der Waals surface area contributed by atoms with Crippen LogP contribution in [0.5, 0.6) is 5.75 Å². The van der Waals surface area contributed by atoms with Gasteiger partial charge in [0.1, 0.15) is 40.3 Å². The number of nitriles is 1. The molecule has 0 radical (unpaired) electrons. The average molecular weight is 659 g/mol. The lowest BCUT2D eigenvalue weighted by molar-refractivity contribution is -0.0624. The van der Waals surface area contributed by atoms with E-state index < -0.39 is 17.3 Å². The molecule has 3 aromatic rings. The number of methoxy groups -OCH3 is 1. The Hall–Kier alpha value is -4.67. The van der Waals surface area contributed by atoms with E-state index in [4.69, 9.17) is 20.3 Å². The van der Waals surface area contributed by atoms with Crippen molar-refractivity contribution < 1.29 is 23.5 Å². The normalized spacial score (nSPS) is 18.1. The van der Waals surface area contributed by atoms with Crippen molar-refractivity contribution in [2.24, 2.45) is 0 Å². The maximum absolute atomic E-state index is 13.7. The molecule has 13 heteroatoms. The molecule has 3 aliphatic heterocycles. The van der Waals surface area contributed by atoms with Crippen molar-refractivity contribution in [3.63, 3.8) is 0 Å². The summed E-state index contributed by atoms with van der Waals surface area (Å²) in [5.41, 5.74) is 8.60. The van der Waals surface area contributed by atoms with Crippen LogP contribution in [-0.4, -0.2) is 101 Å². The fourth-order valence-corrected chi connectivity index (χ4v) is 6.63. The zero-order valence-corrected chi connectivity index (χ0v) is 27.9. The van der Waals surface area contributed by atoms with Gasteiger partial charge >= 0.3 is 6.09 Å². The molecule has 0 saturated carbocycles. The fourth-order valence-electron chi connectivity index (χ4n) is 6.63. The van der Waals surface area contributed by atoms with Gasteiger partial charge in [0.25, 0.3) is 5.91 Å². The summed E-state index contributed by atoms with van der Waals surface area (Å²) in [6, 6.07) is 14.5. The van der Waals surface area contributed by atoms with Crippen LogP contribution in [0.2, 0.25) is 0 Å². The summed E-state index contributed by atoms with van der Waals surface area (Å²) in [5.74, 6) is -0.298. The second-order valence-corrected chi connectivity index (χ2v) is 13.8. The number of benzene rings is 2. The molecule has 4 heterocycles. The molecular weight excluding hydrogens is 615 g/mol. The number of ether oxygens (including phenoxy) is 2. The SMILES string of the molecule is COc1ccc(F)cc1C(=O)NCc1ccc(-c2nn(C3CCN(C4CN(C5CN(C(=O)OC(C)(C)C)C5)C4)CC3)c(N)c2C#N)cc1. The number of nitrogens with one attached hydrogen (secondary N) is 1. The van der Waals surface area contributed by atoms with E-state index in [9.17, 15) is 19.2 Å². The highest BCUT2D eigenvalue weighted by Crippen LogP contribution is 2.34. The van der Waals surface area contributed by atoms with Gasteiger partial charge in [-0.2, -0.15) is 10.4 Å². The van der Waals surface area contributed by atoms with Crippen LogP contribution >= 0.6 is 0 Å². The monoisotopic (exact) mass is 658 g/mol. The first-order valence-electron chi connectivity index (χ1n) is 16.4. The van der Waals surface area contributed by atoms with Crippen LogP contribution in [-0.2, 0) is 11.3 Å². The number of hydrogen-bond donors (Lipinski definition) is 2. The summed E-state index contributed by atoms with van der Waals surface area (Å²) in [7, 11) is 1.43. The Labute approximate surface area is 280 Å². The number of carbonyl (C=O) groups excluding carboxylic acids is 2. The van der Waals surface area contributed by atoms with Gasteiger partial charge in [-0.1, -0.05) is 24.3 Å². The van der Waals surface area contributed by atoms with Gasteiger partial charge in [-0.3, -0.25) is 14.6 Å². The Morgan fingerprint density at radius 2 is 1.69 bits per heavy atom. The van der Waals surface area contributed by atoms with E-state index in [0.29, 0.717) is 34.9 Å². The molecule has 3 fully saturated rings. The van der Waals surface area contributed by atoms with E-state index in [0.717, 1.165) is 69.3 Å². The zero-order valence-electron chi connectivity index (χ0n) is 27.9. The Kier molecular flexibility index (Phi) is 9.31.